The van der Waals surface area contributed by atoms with E-state index in [1.54, 1.807) is 17.0 Å². The van der Waals surface area contributed by atoms with Crippen LogP contribution in [0.2, 0.25) is 0 Å². The van der Waals surface area contributed by atoms with Crippen molar-refractivity contribution in [2.75, 3.05) is 24.6 Å². The summed E-state index contributed by atoms with van der Waals surface area (Å²) < 4.78 is 18.4. The highest BCUT2D eigenvalue weighted by Crippen LogP contribution is 2.29. The van der Waals surface area contributed by atoms with Crippen LogP contribution in [0.1, 0.15) is 30.4 Å². The van der Waals surface area contributed by atoms with Gasteiger partial charge in [0, 0.05) is 25.2 Å². The van der Waals surface area contributed by atoms with Gasteiger partial charge >= 0.3 is 0 Å². The smallest absolute Gasteiger partial charge is 0.227 e. The summed E-state index contributed by atoms with van der Waals surface area (Å²) >= 11 is 0. The molecule has 0 aromatic heterocycles. The van der Waals surface area contributed by atoms with Crippen molar-refractivity contribution in [3.63, 3.8) is 0 Å². The number of amides is 2. The SMILES string of the molecule is Cc1cccc(N2CC(C(=O)NCCCCOc3ccc(F)cc3)CC2=O)c1C. The van der Waals surface area contributed by atoms with Crippen molar-refractivity contribution < 1.29 is 18.7 Å². The second-order valence-electron chi connectivity index (χ2n) is 7.42. The van der Waals surface area contributed by atoms with Crippen molar-refractivity contribution in [1.82, 2.24) is 5.32 Å². The number of ether oxygens (including phenoxy) is 1. The molecule has 1 aliphatic rings. The van der Waals surface area contributed by atoms with Gasteiger partial charge in [0.05, 0.1) is 12.5 Å². The normalized spacial score (nSPS) is 16.2. The average Bonchev–Trinajstić information content (AvgIpc) is 3.09. The van der Waals surface area contributed by atoms with Gasteiger partial charge in [0.25, 0.3) is 0 Å². The fraction of sp³-hybridized carbons (Fsp3) is 0.391. The Morgan fingerprint density at radius 2 is 1.93 bits per heavy atom. The van der Waals surface area contributed by atoms with Crippen LogP contribution in [0.15, 0.2) is 42.5 Å². The zero-order chi connectivity index (χ0) is 20.8. The molecule has 0 spiro atoms. The number of unbranched alkanes of at least 4 members (excludes halogenated alkanes) is 1. The zero-order valence-electron chi connectivity index (χ0n) is 16.9. The van der Waals surface area contributed by atoms with Gasteiger partial charge in [0.1, 0.15) is 11.6 Å². The number of nitrogens with one attached hydrogen (secondary N) is 1. The van der Waals surface area contributed by atoms with Gasteiger partial charge in [-0.05, 0) is 68.1 Å². The van der Waals surface area contributed by atoms with Gasteiger partial charge in [-0.3, -0.25) is 9.59 Å². The number of hydrogen-bond acceptors (Lipinski definition) is 3. The van der Waals surface area contributed by atoms with E-state index in [1.807, 2.05) is 32.0 Å². The number of aryl methyl sites for hydroxylation is 1. The Morgan fingerprint density at radius 3 is 2.69 bits per heavy atom. The fourth-order valence-corrected chi connectivity index (χ4v) is 3.45. The third kappa shape index (κ3) is 5.34. The molecule has 1 fully saturated rings. The van der Waals surface area contributed by atoms with E-state index < -0.39 is 0 Å². The Kier molecular flexibility index (Phi) is 6.86. The molecule has 1 aliphatic heterocycles. The molecule has 1 N–H and O–H groups in total. The second kappa shape index (κ2) is 9.54. The molecule has 0 bridgehead atoms. The van der Waals surface area contributed by atoms with E-state index in [2.05, 4.69) is 5.32 Å². The summed E-state index contributed by atoms with van der Waals surface area (Å²) in [6, 6.07) is 11.8. The Hall–Kier alpha value is -2.89. The molecule has 2 aromatic rings. The number of halogens is 1. The molecule has 2 amide bonds. The number of nitrogens with zero attached hydrogens (tertiary/aromatic N) is 1. The maximum Gasteiger partial charge on any atom is 0.227 e. The summed E-state index contributed by atoms with van der Waals surface area (Å²) in [5.74, 6) is -0.0666. The molecule has 1 saturated heterocycles. The van der Waals surface area contributed by atoms with Crippen molar-refractivity contribution in [3.8, 4) is 5.75 Å². The van der Waals surface area contributed by atoms with E-state index in [4.69, 9.17) is 4.74 Å². The lowest BCUT2D eigenvalue weighted by Crippen LogP contribution is -2.33. The molecule has 0 aliphatic carbocycles. The second-order valence-corrected chi connectivity index (χ2v) is 7.42. The summed E-state index contributed by atoms with van der Waals surface area (Å²) in [6.45, 7) is 5.48. The van der Waals surface area contributed by atoms with Crippen LogP contribution in [0, 0.1) is 25.6 Å². The minimum absolute atomic E-state index is 0.00783. The third-order valence-electron chi connectivity index (χ3n) is 5.32. The maximum absolute atomic E-state index is 12.8. The minimum atomic E-state index is -0.321. The molecule has 0 saturated carbocycles. The Labute approximate surface area is 170 Å². The Morgan fingerprint density at radius 1 is 1.17 bits per heavy atom. The quantitative estimate of drug-likeness (QED) is 0.689. The molecule has 3 rings (SSSR count). The number of carbonyl (C=O) groups is 2. The number of hydrogen-bond donors (Lipinski definition) is 1. The highest BCUT2D eigenvalue weighted by molar-refractivity contribution is 6.00. The maximum atomic E-state index is 12.8. The van der Waals surface area contributed by atoms with E-state index in [0.29, 0.717) is 25.4 Å². The van der Waals surface area contributed by atoms with Crippen LogP contribution >= 0.6 is 0 Å². The first-order chi connectivity index (χ1) is 14.0. The Bertz CT molecular complexity index is 867. The van der Waals surface area contributed by atoms with Gasteiger partial charge in [0.15, 0.2) is 0 Å². The molecular weight excluding hydrogens is 371 g/mol. The molecular formula is C23H27FN2O3. The van der Waals surface area contributed by atoms with Crippen LogP contribution in [0.3, 0.4) is 0 Å². The molecule has 1 heterocycles. The molecule has 1 atom stereocenters. The Balaban J connectivity index is 1.39. The minimum Gasteiger partial charge on any atom is -0.494 e. The number of anilines is 1. The van der Waals surface area contributed by atoms with Gasteiger partial charge in [0.2, 0.25) is 11.8 Å². The van der Waals surface area contributed by atoms with Crippen LogP contribution in [0.25, 0.3) is 0 Å². The summed E-state index contributed by atoms with van der Waals surface area (Å²) in [4.78, 5) is 26.6. The first-order valence-corrected chi connectivity index (χ1v) is 9.98. The molecule has 0 radical (unpaired) electrons. The highest BCUT2D eigenvalue weighted by atomic mass is 19.1. The first-order valence-electron chi connectivity index (χ1n) is 9.98. The van der Waals surface area contributed by atoms with E-state index in [9.17, 15) is 14.0 Å². The van der Waals surface area contributed by atoms with Gasteiger partial charge in [-0.15, -0.1) is 0 Å². The lowest BCUT2D eigenvalue weighted by molar-refractivity contribution is -0.126. The standard InChI is InChI=1S/C23H27FN2O3/c1-16-6-5-7-21(17(16)2)26-15-18(14-22(26)27)23(28)25-12-3-4-13-29-20-10-8-19(24)9-11-20/h5-11,18H,3-4,12-15H2,1-2H3,(H,25,28). The van der Waals surface area contributed by atoms with Gasteiger partial charge in [-0.25, -0.2) is 4.39 Å². The predicted octanol–water partition coefficient (Wildman–Crippen LogP) is 3.77. The van der Waals surface area contributed by atoms with Crippen molar-refractivity contribution >= 4 is 17.5 Å². The molecule has 2 aromatic carbocycles. The van der Waals surface area contributed by atoms with Crippen LogP contribution in [-0.4, -0.2) is 31.5 Å². The lowest BCUT2D eigenvalue weighted by atomic mass is 10.1. The average molecular weight is 398 g/mol. The van der Waals surface area contributed by atoms with Crippen molar-refractivity contribution in [1.29, 1.82) is 0 Å². The number of benzene rings is 2. The summed E-state index contributed by atoms with van der Waals surface area (Å²) in [5, 5.41) is 2.93. The number of rotatable bonds is 8. The fourth-order valence-electron chi connectivity index (χ4n) is 3.45. The summed E-state index contributed by atoms with van der Waals surface area (Å²) in [5.41, 5.74) is 3.09. The van der Waals surface area contributed by atoms with E-state index in [-0.39, 0.29) is 30.0 Å². The first kappa shape index (κ1) is 20.8. The van der Waals surface area contributed by atoms with E-state index in [0.717, 1.165) is 29.7 Å². The van der Waals surface area contributed by atoms with Crippen molar-refractivity contribution in [2.45, 2.75) is 33.1 Å². The molecule has 154 valence electrons. The number of carbonyl (C=O) groups excluding carboxylic acids is 2. The van der Waals surface area contributed by atoms with Gasteiger partial charge in [-0.2, -0.15) is 0 Å². The lowest BCUT2D eigenvalue weighted by Gasteiger charge is -2.20. The molecule has 5 nitrogen and oxygen atoms in total. The third-order valence-corrected chi connectivity index (χ3v) is 5.32. The monoisotopic (exact) mass is 398 g/mol. The predicted molar refractivity (Wildman–Crippen MR) is 111 cm³/mol. The summed E-state index contributed by atoms with van der Waals surface area (Å²) in [6.07, 6.45) is 1.79. The molecule has 29 heavy (non-hydrogen) atoms. The van der Waals surface area contributed by atoms with Crippen LogP contribution in [0.5, 0.6) is 5.75 Å². The van der Waals surface area contributed by atoms with Crippen LogP contribution < -0.4 is 15.0 Å². The van der Waals surface area contributed by atoms with E-state index >= 15 is 0 Å². The van der Waals surface area contributed by atoms with Crippen LogP contribution in [-0.2, 0) is 9.59 Å². The van der Waals surface area contributed by atoms with E-state index in [1.165, 1.54) is 12.1 Å². The van der Waals surface area contributed by atoms with Gasteiger partial charge in [-0.1, -0.05) is 12.1 Å². The molecule has 6 heteroatoms. The van der Waals surface area contributed by atoms with Crippen molar-refractivity contribution in [2.24, 2.45) is 5.92 Å². The molecule has 1 unspecified atom stereocenters. The largest absolute Gasteiger partial charge is 0.494 e. The van der Waals surface area contributed by atoms with Gasteiger partial charge < -0.3 is 15.0 Å². The zero-order valence-corrected chi connectivity index (χ0v) is 16.9. The highest BCUT2D eigenvalue weighted by Gasteiger charge is 2.35. The topological polar surface area (TPSA) is 58.6 Å². The summed E-state index contributed by atoms with van der Waals surface area (Å²) in [7, 11) is 0. The van der Waals surface area contributed by atoms with Crippen molar-refractivity contribution in [3.05, 3.63) is 59.4 Å². The van der Waals surface area contributed by atoms with Crippen LogP contribution in [0.4, 0.5) is 10.1 Å².